The van der Waals surface area contributed by atoms with Crippen molar-refractivity contribution >= 4 is 12.1 Å². The predicted octanol–water partition coefficient (Wildman–Crippen LogP) is 1.80. The number of hydrogen-bond acceptors (Lipinski definition) is 5. The highest BCUT2D eigenvalue weighted by molar-refractivity contribution is 6.11. The molecule has 0 radical (unpaired) electrons. The van der Waals surface area contributed by atoms with Crippen LogP contribution in [0.2, 0.25) is 0 Å². The van der Waals surface area contributed by atoms with Crippen LogP contribution < -0.4 is 10.7 Å². The summed E-state index contributed by atoms with van der Waals surface area (Å²) in [5.74, 6) is -0.0160. The number of hydrazine groups is 1. The first-order chi connectivity index (χ1) is 11.2. The third kappa shape index (κ3) is 5.10. The van der Waals surface area contributed by atoms with Gasteiger partial charge >= 0.3 is 0 Å². The number of nitrogens with zero attached hydrogens (tertiary/aromatic N) is 1. The molecule has 6 heteroatoms. The molecule has 1 aromatic rings. The van der Waals surface area contributed by atoms with Crippen LogP contribution in [0.1, 0.15) is 24.8 Å². The Bertz CT molecular complexity index is 551. The molecule has 23 heavy (non-hydrogen) atoms. The first kappa shape index (κ1) is 17.0. The Morgan fingerprint density at radius 2 is 1.96 bits per heavy atom. The maximum absolute atomic E-state index is 12.4. The van der Waals surface area contributed by atoms with Crippen LogP contribution in [-0.4, -0.2) is 37.3 Å². The monoisotopic (exact) mass is 316 g/mol. The van der Waals surface area contributed by atoms with E-state index in [-0.39, 0.29) is 11.5 Å². The molecular formula is C17H24N4O2. The second kappa shape index (κ2) is 8.95. The summed E-state index contributed by atoms with van der Waals surface area (Å²) in [4.78, 5) is 12.4. The molecule has 1 amide bonds. The van der Waals surface area contributed by atoms with Crippen LogP contribution in [0, 0.1) is 5.41 Å². The molecule has 124 valence electrons. The maximum Gasteiger partial charge on any atom is 0.272 e. The lowest BCUT2D eigenvalue weighted by atomic mass is 10.2. The molecule has 0 aliphatic carbocycles. The zero-order valence-corrected chi connectivity index (χ0v) is 13.5. The highest BCUT2D eigenvalue weighted by Crippen LogP contribution is 2.09. The Labute approximate surface area is 137 Å². The van der Waals surface area contributed by atoms with E-state index in [1.807, 2.05) is 35.3 Å². The van der Waals surface area contributed by atoms with Crippen LogP contribution in [-0.2, 0) is 16.1 Å². The molecule has 1 fully saturated rings. The van der Waals surface area contributed by atoms with Gasteiger partial charge in [-0.2, -0.15) is 0 Å². The van der Waals surface area contributed by atoms with Gasteiger partial charge in [-0.05, 0) is 18.4 Å². The SMILES string of the molecule is CN/C(OCc1ccccc1)=C(\C=N)C(=O)NN1CCCCC1. The number of nitrogens with one attached hydrogen (secondary N) is 3. The van der Waals surface area contributed by atoms with E-state index in [2.05, 4.69) is 10.7 Å². The molecule has 0 spiro atoms. The van der Waals surface area contributed by atoms with Crippen LogP contribution in [0.4, 0.5) is 0 Å². The standard InChI is InChI=1S/C17H24N4O2/c1-19-17(23-13-14-8-4-2-5-9-14)15(12-18)16(22)20-21-10-6-3-7-11-21/h2,4-5,8-9,12,18-19H,3,6-7,10-11,13H2,1H3,(H,20,22)/b17-15-,18-12?. The fourth-order valence-corrected chi connectivity index (χ4v) is 2.46. The van der Waals surface area contributed by atoms with Crippen LogP contribution in [0.25, 0.3) is 0 Å². The molecule has 0 aromatic heterocycles. The lowest BCUT2D eigenvalue weighted by Crippen LogP contribution is -2.46. The third-order valence-electron chi connectivity index (χ3n) is 3.70. The highest BCUT2D eigenvalue weighted by Gasteiger charge is 2.18. The van der Waals surface area contributed by atoms with E-state index in [1.54, 1.807) is 7.05 Å². The van der Waals surface area contributed by atoms with Gasteiger partial charge in [-0.1, -0.05) is 36.8 Å². The molecule has 0 bridgehead atoms. The summed E-state index contributed by atoms with van der Waals surface area (Å²) in [7, 11) is 1.68. The van der Waals surface area contributed by atoms with E-state index >= 15 is 0 Å². The van der Waals surface area contributed by atoms with Crippen LogP contribution in [0.15, 0.2) is 41.8 Å². The van der Waals surface area contributed by atoms with Gasteiger partial charge in [0.1, 0.15) is 12.2 Å². The van der Waals surface area contributed by atoms with E-state index < -0.39 is 0 Å². The van der Waals surface area contributed by atoms with Crippen molar-refractivity contribution in [2.45, 2.75) is 25.9 Å². The minimum Gasteiger partial charge on any atom is -0.474 e. The Hall–Kier alpha value is -2.34. The minimum absolute atomic E-state index is 0.189. The molecule has 1 aliphatic heterocycles. The zero-order valence-electron chi connectivity index (χ0n) is 13.5. The smallest absolute Gasteiger partial charge is 0.272 e. The van der Waals surface area contributed by atoms with E-state index in [1.165, 1.54) is 6.42 Å². The number of carbonyl (C=O) groups is 1. The van der Waals surface area contributed by atoms with Gasteiger partial charge in [-0.25, -0.2) is 5.01 Å². The number of hydrogen-bond donors (Lipinski definition) is 3. The van der Waals surface area contributed by atoms with E-state index in [4.69, 9.17) is 10.1 Å². The van der Waals surface area contributed by atoms with Crippen molar-refractivity contribution in [2.75, 3.05) is 20.1 Å². The quantitative estimate of drug-likeness (QED) is 0.407. The number of piperidine rings is 1. The van der Waals surface area contributed by atoms with Crippen molar-refractivity contribution in [1.29, 1.82) is 5.41 Å². The van der Waals surface area contributed by atoms with Crippen LogP contribution in [0.5, 0.6) is 0 Å². The second-order valence-corrected chi connectivity index (χ2v) is 5.40. The Kier molecular flexibility index (Phi) is 6.62. The average molecular weight is 316 g/mol. The average Bonchev–Trinajstić information content (AvgIpc) is 2.60. The van der Waals surface area contributed by atoms with Crippen molar-refractivity contribution in [3.8, 4) is 0 Å². The normalized spacial score (nSPS) is 16.2. The van der Waals surface area contributed by atoms with Crippen molar-refractivity contribution in [2.24, 2.45) is 0 Å². The molecule has 0 unspecified atom stereocenters. The van der Waals surface area contributed by atoms with Crippen molar-refractivity contribution in [3.63, 3.8) is 0 Å². The van der Waals surface area contributed by atoms with Crippen molar-refractivity contribution < 1.29 is 9.53 Å². The first-order valence-electron chi connectivity index (χ1n) is 7.89. The summed E-state index contributed by atoms with van der Waals surface area (Å²) in [5, 5.41) is 12.3. The predicted molar refractivity (Wildman–Crippen MR) is 89.7 cm³/mol. The third-order valence-corrected chi connectivity index (χ3v) is 3.70. The lowest BCUT2D eigenvalue weighted by molar-refractivity contribution is -0.122. The van der Waals surface area contributed by atoms with Gasteiger partial charge in [0.25, 0.3) is 5.91 Å². The van der Waals surface area contributed by atoms with Gasteiger partial charge in [-0.3, -0.25) is 10.2 Å². The van der Waals surface area contributed by atoms with Gasteiger partial charge in [-0.15, -0.1) is 0 Å². The molecule has 1 aromatic carbocycles. The number of rotatable bonds is 7. The summed E-state index contributed by atoms with van der Waals surface area (Å²) in [6.07, 6.45) is 4.37. The van der Waals surface area contributed by atoms with Gasteiger partial charge in [0.05, 0.1) is 0 Å². The molecule has 0 saturated carbocycles. The van der Waals surface area contributed by atoms with Crippen LogP contribution in [0.3, 0.4) is 0 Å². The fourth-order valence-electron chi connectivity index (χ4n) is 2.46. The Balaban J connectivity index is 2.01. The fraction of sp³-hybridized carbons (Fsp3) is 0.412. The van der Waals surface area contributed by atoms with Gasteiger partial charge in [0, 0.05) is 26.4 Å². The first-order valence-corrected chi connectivity index (χ1v) is 7.89. The molecule has 2 rings (SSSR count). The Morgan fingerprint density at radius 3 is 2.57 bits per heavy atom. The summed E-state index contributed by atoms with van der Waals surface area (Å²) < 4.78 is 5.68. The van der Waals surface area contributed by atoms with E-state index in [9.17, 15) is 4.79 Å². The van der Waals surface area contributed by atoms with Crippen molar-refractivity contribution in [1.82, 2.24) is 15.8 Å². The van der Waals surface area contributed by atoms with Gasteiger partial charge in [0.15, 0.2) is 0 Å². The number of benzene rings is 1. The van der Waals surface area contributed by atoms with Crippen molar-refractivity contribution in [3.05, 3.63) is 47.4 Å². The summed E-state index contributed by atoms with van der Waals surface area (Å²) in [5.41, 5.74) is 4.04. The molecule has 1 heterocycles. The van der Waals surface area contributed by atoms with E-state index in [0.29, 0.717) is 12.5 Å². The molecule has 3 N–H and O–H groups in total. The second-order valence-electron chi connectivity index (χ2n) is 5.40. The lowest BCUT2D eigenvalue weighted by Gasteiger charge is -2.27. The topological polar surface area (TPSA) is 77.4 Å². The Morgan fingerprint density at radius 1 is 1.26 bits per heavy atom. The molecule has 0 atom stereocenters. The zero-order chi connectivity index (χ0) is 16.5. The summed E-state index contributed by atoms with van der Waals surface area (Å²) in [6.45, 7) is 2.03. The van der Waals surface area contributed by atoms with Gasteiger partial charge < -0.3 is 15.5 Å². The van der Waals surface area contributed by atoms with Gasteiger partial charge in [0.2, 0.25) is 5.88 Å². The maximum atomic E-state index is 12.4. The number of amides is 1. The summed E-state index contributed by atoms with van der Waals surface area (Å²) >= 11 is 0. The molecule has 1 aliphatic rings. The largest absolute Gasteiger partial charge is 0.474 e. The highest BCUT2D eigenvalue weighted by atomic mass is 16.5. The molecular weight excluding hydrogens is 292 g/mol. The number of ether oxygens (including phenoxy) is 1. The minimum atomic E-state index is -0.320. The molecule has 6 nitrogen and oxygen atoms in total. The summed E-state index contributed by atoms with van der Waals surface area (Å²) in [6, 6.07) is 9.70. The van der Waals surface area contributed by atoms with Crippen LogP contribution >= 0.6 is 0 Å². The number of carbonyl (C=O) groups excluding carboxylic acids is 1. The van der Waals surface area contributed by atoms with E-state index in [0.717, 1.165) is 37.7 Å². The molecule has 1 saturated heterocycles.